The van der Waals surface area contributed by atoms with Crippen LogP contribution in [0.15, 0.2) is 0 Å². The van der Waals surface area contributed by atoms with E-state index >= 15 is 0 Å². The van der Waals surface area contributed by atoms with E-state index in [1.54, 1.807) is 16.7 Å². The van der Waals surface area contributed by atoms with E-state index in [4.69, 9.17) is 5.73 Å². The number of thioether (sulfide) groups is 1. The Balaban J connectivity index is 1.86. The monoisotopic (exact) mass is 344 g/mol. The third-order valence-corrected chi connectivity index (χ3v) is 5.41. The van der Waals surface area contributed by atoms with E-state index in [9.17, 15) is 14.7 Å². The third-order valence-electron chi connectivity index (χ3n) is 4.76. The average molecular weight is 344 g/mol. The number of carbonyl (C=O) groups is 2. The highest BCUT2D eigenvalue weighted by Gasteiger charge is 2.34. The Labute approximate surface area is 141 Å². The zero-order valence-corrected chi connectivity index (χ0v) is 14.6. The van der Waals surface area contributed by atoms with Gasteiger partial charge in [-0.05, 0) is 37.7 Å². The quantitative estimate of drug-likeness (QED) is 0.622. The van der Waals surface area contributed by atoms with Crippen LogP contribution in [0.5, 0.6) is 0 Å². The van der Waals surface area contributed by atoms with Crippen LogP contribution in [0.2, 0.25) is 0 Å². The number of nitrogens with one attached hydrogen (secondary N) is 1. The van der Waals surface area contributed by atoms with E-state index in [0.29, 0.717) is 19.5 Å². The van der Waals surface area contributed by atoms with Crippen molar-refractivity contribution < 1.29 is 14.7 Å². The first-order valence-electron chi connectivity index (χ1n) is 8.28. The smallest absolute Gasteiger partial charge is 0.312 e. The largest absolute Gasteiger partial charge is 0.391 e. The number of urea groups is 1. The Morgan fingerprint density at radius 3 is 2.52 bits per heavy atom. The zero-order valence-electron chi connectivity index (χ0n) is 13.7. The number of aliphatic hydroxyl groups excluding tert-OH is 1. The van der Waals surface area contributed by atoms with E-state index in [-0.39, 0.29) is 18.1 Å². The van der Waals surface area contributed by atoms with Crippen LogP contribution in [0.1, 0.15) is 25.7 Å². The third kappa shape index (κ3) is 4.99. The van der Waals surface area contributed by atoms with Gasteiger partial charge >= 0.3 is 6.03 Å². The van der Waals surface area contributed by atoms with Crippen LogP contribution >= 0.6 is 11.8 Å². The number of aliphatic hydroxyl groups is 1. The Hall–Kier alpha value is -0.990. The topological polar surface area (TPSA) is 98.9 Å². The molecule has 1 saturated heterocycles. The number of hydrogen-bond acceptors (Lipinski definition) is 5. The molecule has 23 heavy (non-hydrogen) atoms. The molecule has 3 amide bonds. The summed E-state index contributed by atoms with van der Waals surface area (Å²) in [6.45, 7) is 2.83. The number of nitrogens with two attached hydrogens (primary N) is 1. The molecule has 2 fully saturated rings. The predicted octanol–water partition coefficient (Wildman–Crippen LogP) is -0.166. The minimum absolute atomic E-state index is 0.0514. The average Bonchev–Trinajstić information content (AvgIpc) is 2.96. The Morgan fingerprint density at radius 1 is 1.30 bits per heavy atom. The Morgan fingerprint density at radius 2 is 2.00 bits per heavy atom. The van der Waals surface area contributed by atoms with E-state index < -0.39 is 12.1 Å². The van der Waals surface area contributed by atoms with Crippen LogP contribution in [0.25, 0.3) is 0 Å². The van der Waals surface area contributed by atoms with Gasteiger partial charge in [0.2, 0.25) is 5.91 Å². The van der Waals surface area contributed by atoms with Crippen LogP contribution in [0.3, 0.4) is 0 Å². The number of carbonyl (C=O) groups excluding carboxylic acids is 2. The molecule has 0 radical (unpaired) electrons. The molecule has 0 aromatic rings. The molecule has 2 aliphatic rings. The molecule has 1 saturated carbocycles. The molecule has 0 unspecified atom stereocenters. The number of piperazine rings is 1. The molecular weight excluding hydrogens is 316 g/mol. The summed E-state index contributed by atoms with van der Waals surface area (Å²) in [5.41, 5.74) is 5.19. The maximum absolute atomic E-state index is 12.6. The van der Waals surface area contributed by atoms with Crippen molar-refractivity contribution in [1.82, 2.24) is 15.1 Å². The number of amides is 3. The van der Waals surface area contributed by atoms with Gasteiger partial charge in [0.25, 0.3) is 0 Å². The standard InChI is InChI=1S/C15H28N4O3S/c1-23-10-5-11(17-15(16)22)14(21)19-8-6-18(7-9-19)12-3-2-4-13(12)20/h11-13,20H,2-10H2,1H3,(H3,16,17,22)/t11-,12+,13+/m0/s1. The van der Waals surface area contributed by atoms with Gasteiger partial charge < -0.3 is 21.1 Å². The molecule has 0 aromatic carbocycles. The van der Waals surface area contributed by atoms with Crippen molar-refractivity contribution in [2.45, 2.75) is 43.9 Å². The van der Waals surface area contributed by atoms with Gasteiger partial charge in [-0.1, -0.05) is 0 Å². The second-order valence-corrected chi connectivity index (χ2v) is 7.26. The maximum Gasteiger partial charge on any atom is 0.312 e. The van der Waals surface area contributed by atoms with Gasteiger partial charge in [-0.15, -0.1) is 0 Å². The molecule has 8 heteroatoms. The lowest BCUT2D eigenvalue weighted by molar-refractivity contribution is -0.135. The lowest BCUT2D eigenvalue weighted by atomic mass is 10.1. The summed E-state index contributed by atoms with van der Waals surface area (Å²) in [7, 11) is 0. The van der Waals surface area contributed by atoms with Crippen LogP contribution in [-0.4, -0.2) is 83.2 Å². The summed E-state index contributed by atoms with van der Waals surface area (Å²) in [5, 5.41) is 12.6. The van der Waals surface area contributed by atoms with Crippen LogP contribution in [-0.2, 0) is 4.79 Å². The number of rotatable bonds is 6. The number of primary amides is 1. The van der Waals surface area contributed by atoms with E-state index in [1.165, 1.54) is 0 Å². The minimum atomic E-state index is -0.655. The van der Waals surface area contributed by atoms with Gasteiger partial charge in [-0.25, -0.2) is 4.79 Å². The van der Waals surface area contributed by atoms with Crippen molar-refractivity contribution in [3.63, 3.8) is 0 Å². The lowest BCUT2D eigenvalue weighted by Gasteiger charge is -2.40. The van der Waals surface area contributed by atoms with Crippen molar-refractivity contribution >= 4 is 23.7 Å². The summed E-state index contributed by atoms with van der Waals surface area (Å²) >= 11 is 1.64. The highest BCUT2D eigenvalue weighted by molar-refractivity contribution is 7.98. The first-order valence-corrected chi connectivity index (χ1v) is 9.68. The molecule has 0 bridgehead atoms. The van der Waals surface area contributed by atoms with Gasteiger partial charge in [0.1, 0.15) is 6.04 Å². The summed E-state index contributed by atoms with van der Waals surface area (Å²) in [4.78, 5) is 27.8. The van der Waals surface area contributed by atoms with Crippen molar-refractivity contribution in [1.29, 1.82) is 0 Å². The van der Waals surface area contributed by atoms with E-state index in [0.717, 1.165) is 38.1 Å². The molecule has 7 nitrogen and oxygen atoms in total. The minimum Gasteiger partial charge on any atom is -0.391 e. The second kappa shape index (κ2) is 8.75. The normalized spacial score (nSPS) is 27.0. The highest BCUT2D eigenvalue weighted by Crippen LogP contribution is 2.25. The highest BCUT2D eigenvalue weighted by atomic mass is 32.2. The molecule has 2 rings (SSSR count). The molecule has 4 N–H and O–H groups in total. The first-order chi connectivity index (χ1) is 11.0. The van der Waals surface area contributed by atoms with Gasteiger partial charge in [0, 0.05) is 32.2 Å². The van der Waals surface area contributed by atoms with Crippen molar-refractivity contribution in [2.24, 2.45) is 5.73 Å². The summed E-state index contributed by atoms with van der Waals surface area (Å²) in [6, 6.07) is -0.955. The van der Waals surface area contributed by atoms with Crippen LogP contribution in [0.4, 0.5) is 4.79 Å². The van der Waals surface area contributed by atoms with Crippen molar-refractivity contribution in [3.8, 4) is 0 Å². The molecule has 3 atom stereocenters. The number of nitrogens with zero attached hydrogens (tertiary/aromatic N) is 2. The molecular formula is C15H28N4O3S. The Kier molecular flexibility index (Phi) is 6.98. The fourth-order valence-electron chi connectivity index (χ4n) is 3.51. The Bertz CT molecular complexity index is 416. The van der Waals surface area contributed by atoms with Crippen LogP contribution in [0, 0.1) is 0 Å². The molecule has 1 aliphatic heterocycles. The fourth-order valence-corrected chi connectivity index (χ4v) is 3.98. The van der Waals surface area contributed by atoms with Gasteiger partial charge in [0.05, 0.1) is 6.10 Å². The van der Waals surface area contributed by atoms with Crippen molar-refractivity contribution in [3.05, 3.63) is 0 Å². The summed E-state index contributed by atoms with van der Waals surface area (Å²) in [6.07, 6.45) is 5.31. The van der Waals surface area contributed by atoms with Gasteiger partial charge in [0.15, 0.2) is 0 Å². The van der Waals surface area contributed by atoms with E-state index in [2.05, 4.69) is 10.2 Å². The zero-order chi connectivity index (χ0) is 16.8. The maximum atomic E-state index is 12.6. The van der Waals surface area contributed by atoms with Gasteiger partial charge in [-0.2, -0.15) is 11.8 Å². The SMILES string of the molecule is CSCC[C@H](NC(N)=O)C(=O)N1CCN([C@@H]2CCC[C@H]2O)CC1. The predicted molar refractivity (Wildman–Crippen MR) is 91.3 cm³/mol. The lowest BCUT2D eigenvalue weighted by Crippen LogP contribution is -2.57. The molecule has 1 aliphatic carbocycles. The second-order valence-electron chi connectivity index (χ2n) is 6.27. The summed E-state index contributed by atoms with van der Waals surface area (Å²) in [5.74, 6) is 0.745. The van der Waals surface area contributed by atoms with Crippen LogP contribution < -0.4 is 11.1 Å². The number of hydrogen-bond donors (Lipinski definition) is 3. The molecule has 1 heterocycles. The summed E-state index contributed by atoms with van der Waals surface area (Å²) < 4.78 is 0. The van der Waals surface area contributed by atoms with E-state index in [1.807, 2.05) is 6.26 Å². The van der Waals surface area contributed by atoms with Crippen molar-refractivity contribution in [2.75, 3.05) is 38.2 Å². The molecule has 132 valence electrons. The van der Waals surface area contributed by atoms with Gasteiger partial charge in [-0.3, -0.25) is 9.69 Å². The molecule has 0 spiro atoms. The fraction of sp³-hybridized carbons (Fsp3) is 0.867. The molecule has 0 aromatic heterocycles. The first kappa shape index (κ1) is 18.4.